The first-order valence-corrected chi connectivity index (χ1v) is 9.28. The number of hydrogen-bond acceptors (Lipinski definition) is 4. The second kappa shape index (κ2) is 8.42. The van der Waals surface area contributed by atoms with Gasteiger partial charge in [0.1, 0.15) is 5.70 Å². The molecular formula is C21H18N2O3S. The van der Waals surface area contributed by atoms with Gasteiger partial charge < -0.3 is 16.2 Å². The molecule has 0 atom stereocenters. The van der Waals surface area contributed by atoms with Gasteiger partial charge in [0, 0.05) is 5.75 Å². The van der Waals surface area contributed by atoms with Crippen molar-refractivity contribution in [2.75, 3.05) is 5.32 Å². The first kappa shape index (κ1) is 18.5. The summed E-state index contributed by atoms with van der Waals surface area (Å²) in [7, 11) is 0. The minimum atomic E-state index is -1.11. The molecule has 4 N–H and O–H groups in total. The first-order valence-electron chi connectivity index (χ1n) is 8.23. The Labute approximate surface area is 160 Å². The number of carboxylic acid groups (broad SMARTS) is 1. The topological polar surface area (TPSA) is 92.4 Å². The molecule has 0 aliphatic carbocycles. The summed E-state index contributed by atoms with van der Waals surface area (Å²) in [4.78, 5) is 23.4. The lowest BCUT2D eigenvalue weighted by atomic mass is 10.1. The maximum atomic E-state index is 12.2. The van der Waals surface area contributed by atoms with Crippen LogP contribution >= 0.6 is 11.8 Å². The number of fused-ring (bicyclic) bond motifs is 1. The van der Waals surface area contributed by atoms with Gasteiger partial charge in [0.05, 0.1) is 11.3 Å². The zero-order valence-electron chi connectivity index (χ0n) is 14.4. The Kier molecular flexibility index (Phi) is 5.78. The van der Waals surface area contributed by atoms with Gasteiger partial charge in [0.15, 0.2) is 0 Å². The molecule has 3 aromatic rings. The number of carbonyl (C=O) groups is 2. The van der Waals surface area contributed by atoms with Crippen LogP contribution in [0, 0.1) is 0 Å². The van der Waals surface area contributed by atoms with E-state index in [4.69, 9.17) is 10.8 Å². The number of benzene rings is 3. The Hall–Kier alpha value is -3.25. The number of nitrogens with two attached hydrogens (primary N) is 1. The molecule has 1 amide bonds. The molecule has 0 aliphatic rings. The van der Waals surface area contributed by atoms with E-state index >= 15 is 0 Å². The van der Waals surface area contributed by atoms with E-state index in [1.807, 2.05) is 18.2 Å². The Morgan fingerprint density at radius 2 is 1.70 bits per heavy atom. The summed E-state index contributed by atoms with van der Waals surface area (Å²) in [6.45, 7) is 0. The van der Waals surface area contributed by atoms with Crippen molar-refractivity contribution in [3.8, 4) is 0 Å². The molecule has 136 valence electrons. The van der Waals surface area contributed by atoms with E-state index in [2.05, 4.69) is 29.6 Å². The first-order chi connectivity index (χ1) is 13.0. The van der Waals surface area contributed by atoms with Crippen LogP contribution in [0.1, 0.15) is 15.9 Å². The normalized spacial score (nSPS) is 11.3. The summed E-state index contributed by atoms with van der Waals surface area (Å²) in [5.74, 6) is -0.973. The third-order valence-corrected chi connectivity index (χ3v) is 4.86. The molecule has 0 aromatic heterocycles. The molecule has 0 aliphatic heterocycles. The van der Waals surface area contributed by atoms with E-state index in [-0.39, 0.29) is 16.9 Å². The van der Waals surface area contributed by atoms with Gasteiger partial charge in [-0.05, 0) is 33.9 Å². The second-order valence-electron chi connectivity index (χ2n) is 5.87. The van der Waals surface area contributed by atoms with E-state index in [0.29, 0.717) is 5.75 Å². The van der Waals surface area contributed by atoms with Crippen LogP contribution < -0.4 is 11.1 Å². The lowest BCUT2D eigenvalue weighted by Crippen LogP contribution is -2.21. The van der Waals surface area contributed by atoms with E-state index in [9.17, 15) is 9.59 Å². The largest absolute Gasteiger partial charge is 0.478 e. The van der Waals surface area contributed by atoms with Crippen LogP contribution in [-0.4, -0.2) is 17.0 Å². The highest BCUT2D eigenvalue weighted by molar-refractivity contribution is 8.01. The number of para-hydroxylation sites is 1. The van der Waals surface area contributed by atoms with Gasteiger partial charge >= 0.3 is 5.97 Å². The summed E-state index contributed by atoms with van der Waals surface area (Å²) in [5.41, 5.74) is 7.21. The molecule has 6 heteroatoms. The number of aromatic carboxylic acids is 1. The van der Waals surface area contributed by atoms with Gasteiger partial charge in [0.2, 0.25) is 0 Å². The molecule has 3 rings (SSSR count). The zero-order chi connectivity index (χ0) is 19.2. The minimum absolute atomic E-state index is 0.0162. The Morgan fingerprint density at radius 1 is 1.00 bits per heavy atom. The molecule has 0 spiro atoms. The van der Waals surface area contributed by atoms with Crippen molar-refractivity contribution in [2.45, 2.75) is 5.75 Å². The smallest absolute Gasteiger partial charge is 0.337 e. The third-order valence-electron chi connectivity index (χ3n) is 3.94. The predicted molar refractivity (Wildman–Crippen MR) is 110 cm³/mol. The molecule has 5 nitrogen and oxygen atoms in total. The third kappa shape index (κ3) is 4.68. The number of rotatable bonds is 6. The Bertz CT molecular complexity index is 1030. The quantitative estimate of drug-likeness (QED) is 0.559. The van der Waals surface area contributed by atoms with Crippen LogP contribution in [0.4, 0.5) is 5.69 Å². The van der Waals surface area contributed by atoms with Crippen molar-refractivity contribution in [2.24, 2.45) is 5.73 Å². The molecule has 0 unspecified atom stereocenters. The fourth-order valence-electron chi connectivity index (χ4n) is 2.58. The number of amides is 1. The number of carboxylic acids is 1. The minimum Gasteiger partial charge on any atom is -0.478 e. The summed E-state index contributed by atoms with van der Waals surface area (Å²) in [5, 5.41) is 15.6. The fourth-order valence-corrected chi connectivity index (χ4v) is 3.32. The van der Waals surface area contributed by atoms with E-state index in [0.717, 1.165) is 10.9 Å². The van der Waals surface area contributed by atoms with Crippen LogP contribution in [-0.2, 0) is 10.5 Å². The molecule has 0 saturated heterocycles. The predicted octanol–water partition coefficient (Wildman–Crippen LogP) is 4.21. The number of carbonyl (C=O) groups excluding carboxylic acids is 1. The van der Waals surface area contributed by atoms with Crippen molar-refractivity contribution in [1.29, 1.82) is 0 Å². The molecule has 0 saturated carbocycles. The Balaban J connectivity index is 1.63. The van der Waals surface area contributed by atoms with Crippen LogP contribution in [0.15, 0.2) is 77.8 Å². The number of nitrogens with one attached hydrogen (secondary N) is 1. The number of hydrogen-bond donors (Lipinski definition) is 3. The molecule has 27 heavy (non-hydrogen) atoms. The summed E-state index contributed by atoms with van der Waals surface area (Å²) >= 11 is 1.41. The van der Waals surface area contributed by atoms with Gasteiger partial charge in [-0.1, -0.05) is 54.6 Å². The van der Waals surface area contributed by atoms with Gasteiger partial charge in [-0.3, -0.25) is 4.79 Å². The van der Waals surface area contributed by atoms with E-state index < -0.39 is 11.9 Å². The lowest BCUT2D eigenvalue weighted by molar-refractivity contribution is -0.112. The maximum absolute atomic E-state index is 12.2. The standard InChI is InChI=1S/C21H18N2O3S/c22-18(20(24)23-19-8-4-3-7-17(19)21(25)26)13-27-12-14-9-10-15-5-1-2-6-16(15)11-14/h1-11,13H,12,22H2,(H,23,24)(H,25,26)/b18-13-. The number of anilines is 1. The van der Waals surface area contributed by atoms with Crippen molar-refractivity contribution >= 4 is 40.1 Å². The van der Waals surface area contributed by atoms with Crippen molar-refractivity contribution < 1.29 is 14.7 Å². The molecule has 3 aromatic carbocycles. The van der Waals surface area contributed by atoms with Gasteiger partial charge in [-0.15, -0.1) is 11.8 Å². The highest BCUT2D eigenvalue weighted by Gasteiger charge is 2.13. The Morgan fingerprint density at radius 3 is 2.48 bits per heavy atom. The highest BCUT2D eigenvalue weighted by Crippen LogP contribution is 2.21. The van der Waals surface area contributed by atoms with Crippen molar-refractivity contribution in [3.63, 3.8) is 0 Å². The second-order valence-corrected chi connectivity index (χ2v) is 6.73. The van der Waals surface area contributed by atoms with Gasteiger partial charge in [-0.2, -0.15) is 0 Å². The number of thioether (sulfide) groups is 1. The fraction of sp³-hybridized carbons (Fsp3) is 0.0476. The van der Waals surface area contributed by atoms with Crippen LogP contribution in [0.5, 0.6) is 0 Å². The van der Waals surface area contributed by atoms with Crippen LogP contribution in [0.3, 0.4) is 0 Å². The average molecular weight is 378 g/mol. The highest BCUT2D eigenvalue weighted by atomic mass is 32.2. The van der Waals surface area contributed by atoms with Crippen LogP contribution in [0.25, 0.3) is 10.8 Å². The average Bonchev–Trinajstić information content (AvgIpc) is 2.68. The molecule has 0 heterocycles. The molecule has 0 fully saturated rings. The monoisotopic (exact) mass is 378 g/mol. The summed E-state index contributed by atoms with van der Waals surface area (Å²) < 4.78 is 0. The van der Waals surface area contributed by atoms with Crippen molar-refractivity contribution in [3.05, 3.63) is 89.0 Å². The van der Waals surface area contributed by atoms with Crippen LogP contribution in [0.2, 0.25) is 0 Å². The van der Waals surface area contributed by atoms with Crippen molar-refractivity contribution in [1.82, 2.24) is 0 Å². The molecule has 0 radical (unpaired) electrons. The summed E-state index contributed by atoms with van der Waals surface area (Å²) in [6.07, 6.45) is 0. The zero-order valence-corrected chi connectivity index (χ0v) is 15.2. The molecule has 0 bridgehead atoms. The lowest BCUT2D eigenvalue weighted by Gasteiger charge is -2.08. The van der Waals surface area contributed by atoms with E-state index in [1.54, 1.807) is 17.5 Å². The maximum Gasteiger partial charge on any atom is 0.337 e. The molecular weight excluding hydrogens is 360 g/mol. The summed E-state index contributed by atoms with van der Waals surface area (Å²) in [6, 6.07) is 20.5. The SMILES string of the molecule is N/C(=C\SCc1ccc2ccccc2c1)C(=O)Nc1ccccc1C(=O)O. The van der Waals surface area contributed by atoms with E-state index in [1.165, 1.54) is 29.3 Å². The van der Waals surface area contributed by atoms with Gasteiger partial charge in [-0.25, -0.2) is 4.79 Å². The van der Waals surface area contributed by atoms with Gasteiger partial charge in [0.25, 0.3) is 5.91 Å².